The van der Waals surface area contributed by atoms with Gasteiger partial charge in [-0.2, -0.15) is 5.10 Å². The Morgan fingerprint density at radius 2 is 2.28 bits per heavy atom. The predicted molar refractivity (Wildman–Crippen MR) is 93.9 cm³/mol. The van der Waals surface area contributed by atoms with Crippen LogP contribution in [0.3, 0.4) is 0 Å². The zero-order valence-electron chi connectivity index (χ0n) is 15.3. The molecule has 1 aliphatic rings. The Hall–Kier alpha value is -2.15. The van der Waals surface area contributed by atoms with Crippen molar-refractivity contribution in [1.29, 1.82) is 0 Å². The minimum Gasteiger partial charge on any atom is -0.444 e. The maximum atomic E-state index is 12.2. The topological polar surface area (TPSA) is 67.4 Å². The van der Waals surface area contributed by atoms with Crippen LogP contribution in [0.25, 0.3) is 0 Å². The third kappa shape index (κ3) is 4.48. The normalized spacial score (nSPS) is 18.2. The molecule has 7 nitrogen and oxygen atoms in total. The monoisotopic (exact) mass is 345 g/mol. The van der Waals surface area contributed by atoms with E-state index >= 15 is 0 Å². The minimum absolute atomic E-state index is 0.0724. The molecule has 0 bridgehead atoms. The largest absolute Gasteiger partial charge is 0.444 e. The molecule has 0 aliphatic carbocycles. The van der Waals surface area contributed by atoms with Gasteiger partial charge < -0.3 is 9.32 Å². The highest BCUT2D eigenvalue weighted by atomic mass is 16.4. The number of carbonyl (C=O) groups excluding carboxylic acids is 1. The fraction of sp³-hybridized carbons (Fsp3) is 0.611. The van der Waals surface area contributed by atoms with Crippen molar-refractivity contribution in [3.63, 3.8) is 0 Å². The average molecular weight is 345 g/mol. The van der Waals surface area contributed by atoms with Crippen LogP contribution in [0.15, 0.2) is 29.1 Å². The van der Waals surface area contributed by atoms with Gasteiger partial charge in [-0.25, -0.2) is 4.98 Å². The smallest absolute Gasteiger partial charge is 0.220 e. The Morgan fingerprint density at radius 3 is 2.92 bits per heavy atom. The number of likely N-dealkylation sites (tertiary alicyclic amines) is 1. The highest BCUT2D eigenvalue weighted by molar-refractivity contribution is 5.73. The summed E-state index contributed by atoms with van der Waals surface area (Å²) in [5.41, 5.74) is 0. The van der Waals surface area contributed by atoms with Crippen molar-refractivity contribution in [2.45, 2.75) is 52.2 Å². The summed E-state index contributed by atoms with van der Waals surface area (Å²) in [5, 5.41) is 4.24. The Morgan fingerprint density at radius 1 is 1.44 bits per heavy atom. The van der Waals surface area contributed by atoms with Gasteiger partial charge in [0.15, 0.2) is 0 Å². The number of hydrogen-bond donors (Lipinski definition) is 0. The van der Waals surface area contributed by atoms with Crippen LogP contribution in [0, 0.1) is 0 Å². The summed E-state index contributed by atoms with van der Waals surface area (Å²) in [6, 6.07) is 2.15. The predicted octanol–water partition coefficient (Wildman–Crippen LogP) is 2.12. The molecule has 1 fully saturated rings. The Bertz CT molecular complexity index is 679. The molecule has 25 heavy (non-hydrogen) atoms. The first-order valence-electron chi connectivity index (χ1n) is 8.94. The van der Waals surface area contributed by atoms with Gasteiger partial charge in [0.1, 0.15) is 5.76 Å². The van der Waals surface area contributed by atoms with Crippen LogP contribution in [0.1, 0.15) is 44.8 Å². The van der Waals surface area contributed by atoms with E-state index < -0.39 is 0 Å². The highest BCUT2D eigenvalue weighted by Gasteiger charge is 2.30. The van der Waals surface area contributed by atoms with Crippen LogP contribution in [0.5, 0.6) is 0 Å². The Balaban J connectivity index is 1.56. The number of rotatable bonds is 7. The van der Waals surface area contributed by atoms with Gasteiger partial charge in [-0.1, -0.05) is 13.8 Å². The third-order valence-corrected chi connectivity index (χ3v) is 4.74. The van der Waals surface area contributed by atoms with E-state index in [-0.39, 0.29) is 11.9 Å². The van der Waals surface area contributed by atoms with Crippen molar-refractivity contribution in [2.75, 3.05) is 19.6 Å². The molecule has 0 spiro atoms. The molecule has 0 saturated carbocycles. The van der Waals surface area contributed by atoms with Gasteiger partial charge in [-0.3, -0.25) is 14.4 Å². The molecular weight excluding hydrogens is 318 g/mol. The molecule has 3 rings (SSSR count). The molecule has 136 valence electrons. The second kappa shape index (κ2) is 7.82. The van der Waals surface area contributed by atoms with Gasteiger partial charge >= 0.3 is 0 Å². The fourth-order valence-electron chi connectivity index (χ4n) is 3.25. The first-order chi connectivity index (χ1) is 12.0. The summed E-state index contributed by atoms with van der Waals surface area (Å²) >= 11 is 0. The molecule has 2 aromatic rings. The van der Waals surface area contributed by atoms with Crippen molar-refractivity contribution in [1.82, 2.24) is 24.6 Å². The van der Waals surface area contributed by atoms with Crippen LogP contribution >= 0.6 is 0 Å². The van der Waals surface area contributed by atoms with Crippen molar-refractivity contribution in [2.24, 2.45) is 0 Å². The number of nitrogens with zero attached hydrogens (tertiary/aromatic N) is 5. The van der Waals surface area contributed by atoms with E-state index in [2.05, 4.69) is 28.8 Å². The van der Waals surface area contributed by atoms with Crippen LogP contribution < -0.4 is 0 Å². The van der Waals surface area contributed by atoms with E-state index in [1.165, 1.54) is 0 Å². The Kier molecular flexibility index (Phi) is 5.53. The number of carbonyl (C=O) groups is 1. The van der Waals surface area contributed by atoms with Crippen molar-refractivity contribution < 1.29 is 9.21 Å². The maximum Gasteiger partial charge on any atom is 0.220 e. The summed E-state index contributed by atoms with van der Waals surface area (Å²) < 4.78 is 7.72. The lowest BCUT2D eigenvalue weighted by Gasteiger charge is -2.27. The van der Waals surface area contributed by atoms with E-state index in [1.807, 2.05) is 21.8 Å². The van der Waals surface area contributed by atoms with Gasteiger partial charge in [0, 0.05) is 50.9 Å². The first kappa shape index (κ1) is 17.7. The van der Waals surface area contributed by atoms with Crippen LogP contribution in [-0.4, -0.2) is 56.1 Å². The Labute approximate surface area is 148 Å². The van der Waals surface area contributed by atoms with Crippen LogP contribution in [0.2, 0.25) is 0 Å². The van der Waals surface area contributed by atoms with Gasteiger partial charge in [-0.05, 0) is 12.5 Å². The van der Waals surface area contributed by atoms with Gasteiger partial charge in [0.2, 0.25) is 11.8 Å². The highest BCUT2D eigenvalue weighted by Crippen LogP contribution is 2.20. The van der Waals surface area contributed by atoms with Gasteiger partial charge in [0.25, 0.3) is 0 Å². The number of oxazole rings is 1. The van der Waals surface area contributed by atoms with E-state index in [9.17, 15) is 4.79 Å². The lowest BCUT2D eigenvalue weighted by molar-refractivity contribution is -0.132. The number of aromatic nitrogens is 3. The van der Waals surface area contributed by atoms with Gasteiger partial charge in [-0.15, -0.1) is 0 Å². The van der Waals surface area contributed by atoms with Crippen molar-refractivity contribution >= 4 is 5.91 Å². The molecule has 0 N–H and O–H groups in total. The summed E-state index contributed by atoms with van der Waals surface area (Å²) in [4.78, 5) is 20.8. The second-order valence-corrected chi connectivity index (χ2v) is 6.97. The van der Waals surface area contributed by atoms with Crippen LogP contribution in [0.4, 0.5) is 0 Å². The number of hydrogen-bond acceptors (Lipinski definition) is 5. The quantitative estimate of drug-likeness (QED) is 0.769. The molecule has 1 atom stereocenters. The lowest BCUT2D eigenvalue weighted by atomic mass is 10.2. The summed E-state index contributed by atoms with van der Waals surface area (Å²) in [6.45, 7) is 9.91. The van der Waals surface area contributed by atoms with E-state index in [0.717, 1.165) is 38.4 Å². The molecule has 1 unspecified atom stereocenters. The lowest BCUT2D eigenvalue weighted by Crippen LogP contribution is -2.40. The molecule has 1 saturated heterocycles. The molecule has 0 aromatic carbocycles. The molecular formula is C18H27N5O2. The number of amides is 1. The third-order valence-electron chi connectivity index (χ3n) is 4.74. The molecule has 1 aliphatic heterocycles. The van der Waals surface area contributed by atoms with E-state index in [4.69, 9.17) is 4.42 Å². The molecule has 1 amide bonds. The first-order valence-corrected chi connectivity index (χ1v) is 8.94. The zero-order chi connectivity index (χ0) is 17.8. The average Bonchev–Trinajstić information content (AvgIpc) is 3.31. The van der Waals surface area contributed by atoms with Crippen molar-refractivity contribution in [3.05, 3.63) is 36.3 Å². The minimum atomic E-state index is 0.0724. The fourth-order valence-corrected chi connectivity index (χ4v) is 3.25. The van der Waals surface area contributed by atoms with Crippen LogP contribution in [-0.2, 0) is 17.9 Å². The van der Waals surface area contributed by atoms with E-state index in [0.29, 0.717) is 18.4 Å². The second-order valence-electron chi connectivity index (χ2n) is 6.97. The standard InChI is InChI=1S/C18H27N5O2/c1-14(2)17-11-19-18(25-17)13-23(15(3)24)16-5-8-21(12-16)9-10-22-7-4-6-20-22/h4,6-7,11,14,16H,5,8-10,12-13H2,1-3H3. The molecule has 3 heterocycles. The SMILES string of the molecule is CC(=O)N(Cc1ncc(C(C)C)o1)C1CCN(CCn2cccn2)C1. The molecule has 2 aromatic heterocycles. The van der Waals surface area contributed by atoms with Gasteiger partial charge in [0.05, 0.1) is 19.3 Å². The molecule has 7 heteroatoms. The maximum absolute atomic E-state index is 12.2. The summed E-state index contributed by atoms with van der Waals surface area (Å²) in [5.74, 6) is 1.86. The summed E-state index contributed by atoms with van der Waals surface area (Å²) in [6.07, 6.45) is 6.52. The zero-order valence-corrected chi connectivity index (χ0v) is 15.3. The summed E-state index contributed by atoms with van der Waals surface area (Å²) in [7, 11) is 0. The van der Waals surface area contributed by atoms with Crippen molar-refractivity contribution in [3.8, 4) is 0 Å². The van der Waals surface area contributed by atoms with E-state index in [1.54, 1.807) is 19.3 Å². The molecule has 0 radical (unpaired) electrons.